The molecule has 20 heavy (non-hydrogen) atoms. The Labute approximate surface area is 113 Å². The minimum absolute atomic E-state index is 0.0823. The Morgan fingerprint density at radius 2 is 2.10 bits per heavy atom. The standard InChI is InChI=1S/C12H13F3N4O/c1-16-11-17-9(12(13,14)15)6-10(18-11)19(2)7-8-4-3-5-20-8/h3-6H,7H2,1-2H3,(H,16,17,18). The lowest BCUT2D eigenvalue weighted by molar-refractivity contribution is -0.141. The van der Waals surface area contributed by atoms with Crippen molar-refractivity contribution < 1.29 is 17.6 Å². The zero-order chi connectivity index (χ0) is 14.8. The molecule has 0 radical (unpaired) electrons. The monoisotopic (exact) mass is 286 g/mol. The van der Waals surface area contributed by atoms with Gasteiger partial charge in [0.25, 0.3) is 0 Å². The van der Waals surface area contributed by atoms with Crippen molar-refractivity contribution in [1.29, 1.82) is 0 Å². The number of hydrogen-bond donors (Lipinski definition) is 1. The molecule has 2 aromatic heterocycles. The Kier molecular flexibility index (Phi) is 3.82. The SMILES string of the molecule is CNc1nc(N(C)Cc2ccco2)cc(C(F)(F)F)n1. The summed E-state index contributed by atoms with van der Waals surface area (Å²) in [6.07, 6.45) is -3.02. The van der Waals surface area contributed by atoms with Gasteiger partial charge in [0, 0.05) is 20.2 Å². The highest BCUT2D eigenvalue weighted by atomic mass is 19.4. The zero-order valence-electron chi connectivity index (χ0n) is 10.9. The number of alkyl halides is 3. The maximum absolute atomic E-state index is 12.8. The van der Waals surface area contributed by atoms with Crippen LogP contribution in [0.25, 0.3) is 0 Å². The van der Waals surface area contributed by atoms with Gasteiger partial charge in [-0.15, -0.1) is 0 Å². The van der Waals surface area contributed by atoms with Crippen LogP contribution in [0.3, 0.4) is 0 Å². The second kappa shape index (κ2) is 5.40. The summed E-state index contributed by atoms with van der Waals surface area (Å²) in [5.41, 5.74) is -0.988. The van der Waals surface area contributed by atoms with Crippen LogP contribution in [-0.2, 0) is 12.7 Å². The molecule has 0 aliphatic heterocycles. The van der Waals surface area contributed by atoms with E-state index in [0.29, 0.717) is 12.3 Å². The van der Waals surface area contributed by atoms with Crippen LogP contribution in [0.1, 0.15) is 11.5 Å². The third kappa shape index (κ3) is 3.19. The molecular weight excluding hydrogens is 273 g/mol. The highest BCUT2D eigenvalue weighted by Gasteiger charge is 2.34. The van der Waals surface area contributed by atoms with Crippen LogP contribution < -0.4 is 10.2 Å². The molecule has 0 saturated carbocycles. The van der Waals surface area contributed by atoms with Crippen molar-refractivity contribution in [2.75, 3.05) is 24.3 Å². The molecule has 0 fully saturated rings. The second-order valence-corrected chi connectivity index (χ2v) is 4.12. The predicted octanol–water partition coefficient (Wildman–Crippen LogP) is 2.77. The number of halogens is 3. The van der Waals surface area contributed by atoms with Crippen LogP contribution in [0, 0.1) is 0 Å². The van der Waals surface area contributed by atoms with Crippen LogP contribution >= 0.6 is 0 Å². The molecule has 0 unspecified atom stereocenters. The molecule has 1 N–H and O–H groups in total. The number of nitrogens with one attached hydrogen (secondary N) is 1. The molecule has 0 amide bonds. The molecule has 0 aliphatic rings. The summed E-state index contributed by atoms with van der Waals surface area (Å²) in [5, 5.41) is 2.52. The summed E-state index contributed by atoms with van der Waals surface area (Å²) in [6, 6.07) is 4.36. The molecule has 0 atom stereocenters. The Morgan fingerprint density at radius 3 is 2.65 bits per heavy atom. The van der Waals surface area contributed by atoms with E-state index in [1.54, 1.807) is 24.1 Å². The fourth-order valence-corrected chi connectivity index (χ4v) is 1.60. The van der Waals surface area contributed by atoms with Crippen LogP contribution in [0.4, 0.5) is 24.9 Å². The van der Waals surface area contributed by atoms with Crippen molar-refractivity contribution in [3.63, 3.8) is 0 Å². The molecule has 0 aliphatic carbocycles. The van der Waals surface area contributed by atoms with Crippen molar-refractivity contribution in [1.82, 2.24) is 9.97 Å². The van der Waals surface area contributed by atoms with Gasteiger partial charge in [0.05, 0.1) is 12.8 Å². The summed E-state index contributed by atoms with van der Waals surface area (Å²) in [4.78, 5) is 8.97. The van der Waals surface area contributed by atoms with Gasteiger partial charge in [-0.3, -0.25) is 0 Å². The normalized spacial score (nSPS) is 11.4. The van der Waals surface area contributed by atoms with Gasteiger partial charge in [-0.2, -0.15) is 18.2 Å². The Hall–Kier alpha value is -2.25. The first-order valence-electron chi connectivity index (χ1n) is 5.77. The lowest BCUT2D eigenvalue weighted by atomic mass is 10.3. The summed E-state index contributed by atoms with van der Waals surface area (Å²) in [5.74, 6) is 0.708. The smallest absolute Gasteiger partial charge is 0.433 e. The first-order chi connectivity index (χ1) is 9.40. The van der Waals surface area contributed by atoms with E-state index in [9.17, 15) is 13.2 Å². The summed E-state index contributed by atoms with van der Waals surface area (Å²) in [6.45, 7) is 0.310. The summed E-state index contributed by atoms with van der Waals surface area (Å²) < 4.78 is 43.5. The molecule has 8 heteroatoms. The second-order valence-electron chi connectivity index (χ2n) is 4.12. The van der Waals surface area contributed by atoms with E-state index in [1.165, 1.54) is 13.3 Å². The number of aromatic nitrogens is 2. The van der Waals surface area contributed by atoms with Crippen LogP contribution in [0.5, 0.6) is 0 Å². The van der Waals surface area contributed by atoms with E-state index < -0.39 is 11.9 Å². The first kappa shape index (κ1) is 14.2. The maximum atomic E-state index is 12.8. The van der Waals surface area contributed by atoms with Gasteiger partial charge in [-0.1, -0.05) is 0 Å². The fourth-order valence-electron chi connectivity index (χ4n) is 1.60. The molecule has 0 aromatic carbocycles. The lowest BCUT2D eigenvalue weighted by Crippen LogP contribution is -2.20. The van der Waals surface area contributed by atoms with Gasteiger partial charge in [0.1, 0.15) is 11.6 Å². The molecule has 108 valence electrons. The topological polar surface area (TPSA) is 54.2 Å². The highest BCUT2D eigenvalue weighted by molar-refractivity contribution is 5.44. The van der Waals surface area contributed by atoms with Gasteiger partial charge in [0.2, 0.25) is 5.95 Å². The number of furan rings is 1. The Morgan fingerprint density at radius 1 is 1.35 bits per heavy atom. The maximum Gasteiger partial charge on any atom is 0.433 e. The number of nitrogens with zero attached hydrogens (tertiary/aromatic N) is 3. The van der Waals surface area contributed by atoms with E-state index in [0.717, 1.165) is 6.07 Å². The molecule has 5 nitrogen and oxygen atoms in total. The largest absolute Gasteiger partial charge is 0.467 e. The minimum atomic E-state index is -4.52. The quantitative estimate of drug-likeness (QED) is 0.936. The number of hydrogen-bond acceptors (Lipinski definition) is 5. The van der Waals surface area contributed by atoms with Crippen molar-refractivity contribution in [2.45, 2.75) is 12.7 Å². The third-order valence-corrected chi connectivity index (χ3v) is 2.59. The van der Waals surface area contributed by atoms with Crippen LogP contribution in [0.2, 0.25) is 0 Å². The molecule has 2 rings (SSSR count). The summed E-state index contributed by atoms with van der Waals surface area (Å²) >= 11 is 0. The van der Waals surface area contributed by atoms with Gasteiger partial charge >= 0.3 is 6.18 Å². The summed E-state index contributed by atoms with van der Waals surface area (Å²) in [7, 11) is 3.09. The van der Waals surface area contributed by atoms with Crippen molar-refractivity contribution in [3.05, 3.63) is 35.9 Å². The van der Waals surface area contributed by atoms with Crippen molar-refractivity contribution in [2.24, 2.45) is 0 Å². The Balaban J connectivity index is 2.30. The Bertz CT molecular complexity index is 569. The van der Waals surface area contributed by atoms with Gasteiger partial charge in [-0.25, -0.2) is 4.98 Å². The first-order valence-corrected chi connectivity index (χ1v) is 5.77. The van der Waals surface area contributed by atoms with Crippen LogP contribution in [0.15, 0.2) is 28.9 Å². The minimum Gasteiger partial charge on any atom is -0.467 e. The van der Waals surface area contributed by atoms with Crippen LogP contribution in [-0.4, -0.2) is 24.1 Å². The number of anilines is 2. The molecule has 0 spiro atoms. The van der Waals surface area contributed by atoms with E-state index in [1.807, 2.05) is 0 Å². The molecular formula is C12H13F3N4O. The van der Waals surface area contributed by atoms with E-state index in [4.69, 9.17) is 4.42 Å². The van der Waals surface area contributed by atoms with Gasteiger partial charge in [-0.05, 0) is 12.1 Å². The lowest BCUT2D eigenvalue weighted by Gasteiger charge is -2.18. The molecule has 0 saturated heterocycles. The average molecular weight is 286 g/mol. The van der Waals surface area contributed by atoms with E-state index in [-0.39, 0.29) is 11.8 Å². The molecule has 2 heterocycles. The van der Waals surface area contributed by atoms with Gasteiger partial charge < -0.3 is 14.6 Å². The fraction of sp³-hybridized carbons (Fsp3) is 0.333. The molecule has 0 bridgehead atoms. The zero-order valence-corrected chi connectivity index (χ0v) is 10.9. The van der Waals surface area contributed by atoms with E-state index in [2.05, 4.69) is 15.3 Å². The predicted molar refractivity (Wildman–Crippen MR) is 67.4 cm³/mol. The molecule has 2 aromatic rings. The van der Waals surface area contributed by atoms with Crippen molar-refractivity contribution >= 4 is 11.8 Å². The number of rotatable bonds is 4. The van der Waals surface area contributed by atoms with Crippen molar-refractivity contribution in [3.8, 4) is 0 Å². The third-order valence-electron chi connectivity index (χ3n) is 2.59. The van der Waals surface area contributed by atoms with E-state index >= 15 is 0 Å². The van der Waals surface area contributed by atoms with Gasteiger partial charge in [0.15, 0.2) is 5.69 Å². The average Bonchev–Trinajstić information content (AvgIpc) is 2.90. The highest BCUT2D eigenvalue weighted by Crippen LogP contribution is 2.30.